The third-order valence-electron chi connectivity index (χ3n) is 5.45. The van der Waals surface area contributed by atoms with Crippen molar-refractivity contribution in [2.45, 2.75) is 5.92 Å². The summed E-state index contributed by atoms with van der Waals surface area (Å²) in [5, 5.41) is 10.2. The van der Waals surface area contributed by atoms with Crippen molar-refractivity contribution in [3.8, 4) is 17.2 Å². The molecule has 0 spiro atoms. The largest absolute Gasteiger partial charge is 0.508 e. The standard InChI is InChI=1S/C27H23NO3/c1-28(2)21-11-8-18(9-12-21)10-13-23-14-20-15-24(19-6-4-3-5-7-19)31-26-17-22(29)16-25(30-23)27(20)26/h3-17,20,29H,1-2H3. The van der Waals surface area contributed by atoms with E-state index in [0.717, 1.165) is 33.9 Å². The summed E-state index contributed by atoms with van der Waals surface area (Å²) < 4.78 is 12.2. The third kappa shape index (κ3) is 3.80. The molecule has 1 atom stereocenters. The smallest absolute Gasteiger partial charge is 0.138 e. The van der Waals surface area contributed by atoms with Gasteiger partial charge in [-0.3, -0.25) is 0 Å². The maximum atomic E-state index is 10.2. The van der Waals surface area contributed by atoms with Crippen molar-refractivity contribution in [1.29, 1.82) is 0 Å². The van der Waals surface area contributed by atoms with E-state index in [1.807, 2.05) is 56.6 Å². The van der Waals surface area contributed by atoms with Crippen LogP contribution in [0.1, 0.15) is 22.6 Å². The van der Waals surface area contributed by atoms with E-state index in [4.69, 9.17) is 9.47 Å². The van der Waals surface area contributed by atoms with Gasteiger partial charge in [-0.25, -0.2) is 0 Å². The molecule has 4 heteroatoms. The average molecular weight is 409 g/mol. The second kappa shape index (κ2) is 7.73. The van der Waals surface area contributed by atoms with Gasteiger partial charge in [-0.1, -0.05) is 48.5 Å². The number of nitrogens with zero attached hydrogens (tertiary/aromatic N) is 1. The van der Waals surface area contributed by atoms with Crippen LogP contribution in [0.25, 0.3) is 11.8 Å². The van der Waals surface area contributed by atoms with Crippen molar-refractivity contribution in [2.75, 3.05) is 19.0 Å². The average Bonchev–Trinajstić information content (AvgIpc) is 2.78. The molecule has 5 rings (SSSR count). The molecule has 0 saturated heterocycles. The van der Waals surface area contributed by atoms with Gasteiger partial charge in [0.1, 0.15) is 28.8 Å². The van der Waals surface area contributed by atoms with Gasteiger partial charge in [-0.15, -0.1) is 0 Å². The quantitative estimate of drug-likeness (QED) is 0.577. The van der Waals surface area contributed by atoms with Crippen molar-refractivity contribution in [2.24, 2.45) is 0 Å². The maximum Gasteiger partial charge on any atom is 0.138 e. The molecule has 2 heterocycles. The number of aromatic hydroxyl groups is 1. The maximum absolute atomic E-state index is 10.2. The summed E-state index contributed by atoms with van der Waals surface area (Å²) in [6.07, 6.45) is 8.17. The molecule has 0 aliphatic carbocycles. The van der Waals surface area contributed by atoms with Crippen molar-refractivity contribution < 1.29 is 14.6 Å². The van der Waals surface area contributed by atoms with Gasteiger partial charge >= 0.3 is 0 Å². The lowest BCUT2D eigenvalue weighted by molar-refractivity contribution is 0.397. The molecule has 0 fully saturated rings. The summed E-state index contributed by atoms with van der Waals surface area (Å²) in [4.78, 5) is 2.07. The number of phenols is 1. The van der Waals surface area contributed by atoms with Crippen LogP contribution in [0.5, 0.6) is 17.2 Å². The summed E-state index contributed by atoms with van der Waals surface area (Å²) in [7, 11) is 4.05. The molecule has 1 unspecified atom stereocenters. The van der Waals surface area contributed by atoms with E-state index < -0.39 is 0 Å². The number of rotatable bonds is 4. The highest BCUT2D eigenvalue weighted by atomic mass is 16.5. The molecule has 0 saturated carbocycles. The molecule has 0 aromatic heterocycles. The van der Waals surface area contributed by atoms with Gasteiger partial charge in [0.05, 0.1) is 0 Å². The third-order valence-corrected chi connectivity index (χ3v) is 5.45. The summed E-state index contributed by atoms with van der Waals surface area (Å²) in [5.74, 6) is 2.87. The minimum Gasteiger partial charge on any atom is -0.508 e. The second-order valence-electron chi connectivity index (χ2n) is 7.87. The molecule has 31 heavy (non-hydrogen) atoms. The lowest BCUT2D eigenvalue weighted by Gasteiger charge is -2.29. The van der Waals surface area contributed by atoms with Gasteiger partial charge in [0.25, 0.3) is 0 Å². The molecule has 1 N–H and O–H groups in total. The second-order valence-corrected chi connectivity index (χ2v) is 7.87. The fraction of sp³-hybridized carbons (Fsp3) is 0.111. The molecule has 0 bridgehead atoms. The van der Waals surface area contributed by atoms with Gasteiger partial charge in [0.2, 0.25) is 0 Å². The number of ether oxygens (including phenoxy) is 2. The molecule has 3 aromatic carbocycles. The van der Waals surface area contributed by atoms with Crippen molar-refractivity contribution in [1.82, 2.24) is 0 Å². The van der Waals surface area contributed by atoms with Gasteiger partial charge in [-0.2, -0.15) is 0 Å². The lowest BCUT2D eigenvalue weighted by atomic mass is 9.90. The molecular weight excluding hydrogens is 386 g/mol. The van der Waals surface area contributed by atoms with E-state index >= 15 is 0 Å². The highest BCUT2D eigenvalue weighted by Gasteiger charge is 2.29. The Bertz CT molecular complexity index is 1210. The zero-order valence-corrected chi connectivity index (χ0v) is 17.4. The number of anilines is 1. The predicted molar refractivity (Wildman–Crippen MR) is 124 cm³/mol. The van der Waals surface area contributed by atoms with E-state index in [0.29, 0.717) is 11.5 Å². The normalized spacial score (nSPS) is 16.6. The molecule has 154 valence electrons. The minimum absolute atomic E-state index is 0.000858. The van der Waals surface area contributed by atoms with E-state index in [-0.39, 0.29) is 11.7 Å². The molecule has 4 nitrogen and oxygen atoms in total. The lowest BCUT2D eigenvalue weighted by Crippen LogP contribution is -2.14. The number of phenolic OH excluding ortho intramolecular Hbond substituents is 1. The van der Waals surface area contributed by atoms with Gasteiger partial charge in [0.15, 0.2) is 0 Å². The Morgan fingerprint density at radius 1 is 0.839 bits per heavy atom. The first-order chi connectivity index (χ1) is 15.1. The van der Waals surface area contributed by atoms with Crippen LogP contribution in [0.15, 0.2) is 90.7 Å². The Morgan fingerprint density at radius 2 is 1.55 bits per heavy atom. The summed E-state index contributed by atoms with van der Waals surface area (Å²) in [6, 6.07) is 21.6. The first-order valence-electron chi connectivity index (χ1n) is 10.2. The van der Waals surface area contributed by atoms with Gasteiger partial charge in [0, 0.05) is 49.0 Å². The molecule has 2 aliphatic heterocycles. The first-order valence-corrected chi connectivity index (χ1v) is 10.2. The van der Waals surface area contributed by atoms with Crippen LogP contribution in [-0.4, -0.2) is 19.2 Å². The van der Waals surface area contributed by atoms with Crippen LogP contribution < -0.4 is 14.4 Å². The SMILES string of the molecule is CN(C)c1ccc(C=CC2=CC3C=C(c4ccccc4)Oc4cc(O)cc(c43)O2)cc1. The zero-order valence-electron chi connectivity index (χ0n) is 17.4. The number of hydrogen-bond acceptors (Lipinski definition) is 4. The van der Waals surface area contributed by atoms with E-state index in [1.165, 1.54) is 0 Å². The Labute approximate surface area is 182 Å². The Kier molecular flexibility index (Phi) is 4.75. The fourth-order valence-electron chi connectivity index (χ4n) is 3.86. The predicted octanol–water partition coefficient (Wildman–Crippen LogP) is 5.97. The van der Waals surface area contributed by atoms with E-state index in [1.54, 1.807) is 12.1 Å². The fourth-order valence-corrected chi connectivity index (χ4v) is 3.86. The monoisotopic (exact) mass is 409 g/mol. The molecule has 0 radical (unpaired) electrons. The highest BCUT2D eigenvalue weighted by molar-refractivity contribution is 5.71. The zero-order chi connectivity index (χ0) is 21.4. The topological polar surface area (TPSA) is 41.9 Å². The van der Waals surface area contributed by atoms with Crippen molar-refractivity contribution in [3.05, 3.63) is 107 Å². The van der Waals surface area contributed by atoms with E-state index in [2.05, 4.69) is 41.3 Å². The highest BCUT2D eigenvalue weighted by Crippen LogP contribution is 2.48. The minimum atomic E-state index is -0.000858. The molecular formula is C27H23NO3. The Hall–Kier alpha value is -3.92. The number of allylic oxidation sites excluding steroid dienone is 3. The summed E-state index contributed by atoms with van der Waals surface area (Å²) in [6.45, 7) is 0. The molecule has 3 aromatic rings. The van der Waals surface area contributed by atoms with Crippen LogP contribution in [0.3, 0.4) is 0 Å². The van der Waals surface area contributed by atoms with Crippen molar-refractivity contribution >= 4 is 17.5 Å². The summed E-state index contributed by atoms with van der Waals surface area (Å²) in [5.41, 5.74) is 4.17. The van der Waals surface area contributed by atoms with Gasteiger partial charge in [-0.05, 0) is 35.9 Å². The summed E-state index contributed by atoms with van der Waals surface area (Å²) >= 11 is 0. The van der Waals surface area contributed by atoms with Crippen LogP contribution in [0.2, 0.25) is 0 Å². The van der Waals surface area contributed by atoms with Crippen LogP contribution in [0.4, 0.5) is 5.69 Å². The Morgan fingerprint density at radius 3 is 2.26 bits per heavy atom. The molecule has 2 aliphatic rings. The van der Waals surface area contributed by atoms with E-state index in [9.17, 15) is 5.11 Å². The molecule has 0 amide bonds. The number of hydrogen-bond donors (Lipinski definition) is 1. The first kappa shape index (κ1) is 19.1. The Balaban J connectivity index is 1.49. The van der Waals surface area contributed by atoms with Crippen molar-refractivity contribution in [3.63, 3.8) is 0 Å². The van der Waals surface area contributed by atoms with Crippen LogP contribution in [-0.2, 0) is 0 Å². The number of benzene rings is 3. The van der Waals surface area contributed by atoms with Crippen LogP contribution >= 0.6 is 0 Å². The van der Waals surface area contributed by atoms with Gasteiger partial charge < -0.3 is 19.5 Å². The van der Waals surface area contributed by atoms with Crippen LogP contribution in [0, 0.1) is 0 Å².